The summed E-state index contributed by atoms with van der Waals surface area (Å²) >= 11 is 0. The minimum Gasteiger partial charge on any atom is -0.378 e. The first-order valence-corrected chi connectivity index (χ1v) is 10.4. The number of aliphatic imine (C=N–C) groups is 1. The van der Waals surface area contributed by atoms with Crippen molar-refractivity contribution in [1.29, 1.82) is 0 Å². The Balaban J connectivity index is 0.00000676. The average Bonchev–Trinajstić information content (AvgIpc) is 2.58. The lowest BCUT2D eigenvalue weighted by Crippen LogP contribution is -2.46. The molecule has 2 N–H and O–H groups in total. The van der Waals surface area contributed by atoms with Gasteiger partial charge in [-0.15, -0.1) is 24.0 Å². The molecule has 1 heterocycles. The number of guanidine groups is 1. The maximum Gasteiger partial charge on any atom is 0.191 e. The van der Waals surface area contributed by atoms with Gasteiger partial charge in [0.1, 0.15) is 0 Å². The first-order valence-electron chi connectivity index (χ1n) is 10.4. The van der Waals surface area contributed by atoms with Gasteiger partial charge in [0, 0.05) is 39.3 Å². The van der Waals surface area contributed by atoms with Crippen molar-refractivity contribution in [3.8, 4) is 0 Å². The Labute approximate surface area is 184 Å². The molecule has 7 heteroatoms. The third-order valence-corrected chi connectivity index (χ3v) is 4.49. The van der Waals surface area contributed by atoms with Gasteiger partial charge >= 0.3 is 0 Å². The molecule has 0 spiro atoms. The van der Waals surface area contributed by atoms with Gasteiger partial charge in [0.2, 0.25) is 0 Å². The van der Waals surface area contributed by atoms with Gasteiger partial charge in [-0.05, 0) is 32.1 Å². The van der Waals surface area contributed by atoms with E-state index in [0.29, 0.717) is 24.5 Å². The second-order valence-electron chi connectivity index (χ2n) is 7.82. The van der Waals surface area contributed by atoms with Crippen LogP contribution in [0.25, 0.3) is 0 Å². The van der Waals surface area contributed by atoms with Gasteiger partial charge in [0.25, 0.3) is 0 Å². The molecule has 0 radical (unpaired) electrons. The summed E-state index contributed by atoms with van der Waals surface area (Å²) in [4.78, 5) is 7.23. The Kier molecular flexibility index (Phi) is 15.7. The van der Waals surface area contributed by atoms with Crippen LogP contribution in [0.4, 0.5) is 0 Å². The lowest BCUT2D eigenvalue weighted by molar-refractivity contribution is -0.0262. The lowest BCUT2D eigenvalue weighted by atomic mass is 10.0. The largest absolute Gasteiger partial charge is 0.378 e. The van der Waals surface area contributed by atoms with Crippen LogP contribution in [0, 0.1) is 11.8 Å². The van der Waals surface area contributed by atoms with E-state index in [1.165, 1.54) is 0 Å². The number of morpholine rings is 1. The van der Waals surface area contributed by atoms with E-state index in [9.17, 15) is 0 Å². The SMILES string of the molecule is CCNC(=NCC1CN(CC(C)C)CCO1)NCCC(OCC)C(C)C.I. The van der Waals surface area contributed by atoms with E-state index < -0.39 is 0 Å². The Bertz CT molecular complexity index is 394. The molecule has 162 valence electrons. The molecule has 6 nitrogen and oxygen atoms in total. The molecule has 0 aromatic rings. The fraction of sp³-hybridized carbons (Fsp3) is 0.950. The summed E-state index contributed by atoms with van der Waals surface area (Å²) in [7, 11) is 0. The van der Waals surface area contributed by atoms with Crippen LogP contribution in [0.1, 0.15) is 48.0 Å². The number of nitrogens with zero attached hydrogens (tertiary/aromatic N) is 2. The molecule has 2 atom stereocenters. The monoisotopic (exact) mass is 498 g/mol. The van der Waals surface area contributed by atoms with Crippen LogP contribution in [-0.4, -0.2) is 75.5 Å². The molecule has 2 unspecified atom stereocenters. The summed E-state index contributed by atoms with van der Waals surface area (Å²) in [5, 5.41) is 6.77. The van der Waals surface area contributed by atoms with E-state index in [-0.39, 0.29) is 30.1 Å². The van der Waals surface area contributed by atoms with Gasteiger partial charge in [-0.25, -0.2) is 0 Å². The summed E-state index contributed by atoms with van der Waals surface area (Å²) in [6, 6.07) is 0. The minimum atomic E-state index is 0. The summed E-state index contributed by atoms with van der Waals surface area (Å²) < 4.78 is 11.7. The Hall–Kier alpha value is -0.120. The second kappa shape index (κ2) is 15.8. The van der Waals surface area contributed by atoms with Gasteiger partial charge < -0.3 is 20.1 Å². The van der Waals surface area contributed by atoms with Crippen molar-refractivity contribution in [2.24, 2.45) is 16.8 Å². The standard InChI is InChI=1S/C20H42N4O2.HI/c1-7-21-20(22-10-9-19(17(5)6)25-8-2)23-13-18-15-24(11-12-26-18)14-16(3)4;/h16-19H,7-15H2,1-6H3,(H2,21,22,23);1H. The molecule has 0 saturated carbocycles. The topological polar surface area (TPSA) is 58.1 Å². The highest BCUT2D eigenvalue weighted by Crippen LogP contribution is 2.10. The van der Waals surface area contributed by atoms with Gasteiger partial charge in [-0.3, -0.25) is 9.89 Å². The van der Waals surface area contributed by atoms with Crippen LogP contribution in [0.15, 0.2) is 4.99 Å². The predicted octanol–water partition coefficient (Wildman–Crippen LogP) is 2.97. The highest BCUT2D eigenvalue weighted by molar-refractivity contribution is 14.0. The molecule has 0 aliphatic carbocycles. The molecular weight excluding hydrogens is 455 g/mol. The smallest absolute Gasteiger partial charge is 0.191 e. The normalized spacial score (nSPS) is 19.9. The second-order valence-corrected chi connectivity index (χ2v) is 7.82. The quantitative estimate of drug-likeness (QED) is 0.261. The van der Waals surface area contributed by atoms with Gasteiger partial charge in [0.15, 0.2) is 5.96 Å². The van der Waals surface area contributed by atoms with Crippen LogP contribution in [0.2, 0.25) is 0 Å². The first kappa shape index (κ1) is 26.9. The number of hydrogen-bond acceptors (Lipinski definition) is 4. The lowest BCUT2D eigenvalue weighted by Gasteiger charge is -2.33. The van der Waals surface area contributed by atoms with E-state index in [0.717, 1.165) is 58.3 Å². The summed E-state index contributed by atoms with van der Waals surface area (Å²) in [6.45, 7) is 20.2. The molecule has 0 aromatic carbocycles. The van der Waals surface area contributed by atoms with E-state index in [1.807, 2.05) is 0 Å². The number of hydrogen-bond donors (Lipinski definition) is 2. The van der Waals surface area contributed by atoms with Gasteiger partial charge in [-0.2, -0.15) is 0 Å². The van der Waals surface area contributed by atoms with Crippen LogP contribution >= 0.6 is 24.0 Å². The van der Waals surface area contributed by atoms with Crippen molar-refractivity contribution in [3.05, 3.63) is 0 Å². The third-order valence-electron chi connectivity index (χ3n) is 4.49. The minimum absolute atomic E-state index is 0. The van der Waals surface area contributed by atoms with Gasteiger partial charge in [0.05, 0.1) is 25.4 Å². The molecular formula is C20H43IN4O2. The Morgan fingerprint density at radius 1 is 1.22 bits per heavy atom. The number of rotatable bonds is 11. The number of nitrogens with one attached hydrogen (secondary N) is 2. The molecule has 1 aliphatic heterocycles. The molecule has 0 bridgehead atoms. The number of halogens is 1. The van der Waals surface area contributed by atoms with E-state index in [1.54, 1.807) is 0 Å². The zero-order valence-corrected chi connectivity index (χ0v) is 20.6. The van der Waals surface area contributed by atoms with Crippen molar-refractivity contribution in [2.75, 3.05) is 52.5 Å². The molecule has 27 heavy (non-hydrogen) atoms. The van der Waals surface area contributed by atoms with Crippen LogP contribution in [-0.2, 0) is 9.47 Å². The van der Waals surface area contributed by atoms with Gasteiger partial charge in [-0.1, -0.05) is 27.7 Å². The molecule has 1 rings (SSSR count). The van der Waals surface area contributed by atoms with Crippen molar-refractivity contribution >= 4 is 29.9 Å². The van der Waals surface area contributed by atoms with E-state index >= 15 is 0 Å². The molecule has 0 aromatic heterocycles. The molecule has 1 aliphatic rings. The van der Waals surface area contributed by atoms with Crippen LogP contribution < -0.4 is 10.6 Å². The summed E-state index contributed by atoms with van der Waals surface area (Å²) in [5.41, 5.74) is 0. The van der Waals surface area contributed by atoms with E-state index in [2.05, 4.69) is 57.1 Å². The highest BCUT2D eigenvalue weighted by atomic mass is 127. The fourth-order valence-corrected chi connectivity index (χ4v) is 3.26. The predicted molar refractivity (Wildman–Crippen MR) is 125 cm³/mol. The molecule has 1 fully saturated rings. The maximum atomic E-state index is 5.90. The summed E-state index contributed by atoms with van der Waals surface area (Å²) in [5.74, 6) is 2.09. The fourth-order valence-electron chi connectivity index (χ4n) is 3.26. The average molecular weight is 498 g/mol. The van der Waals surface area contributed by atoms with Crippen LogP contribution in [0.5, 0.6) is 0 Å². The van der Waals surface area contributed by atoms with E-state index in [4.69, 9.17) is 14.5 Å². The Morgan fingerprint density at radius 3 is 2.56 bits per heavy atom. The summed E-state index contributed by atoms with van der Waals surface area (Å²) in [6.07, 6.45) is 1.46. The van der Waals surface area contributed by atoms with Crippen LogP contribution in [0.3, 0.4) is 0 Å². The van der Waals surface area contributed by atoms with Crippen molar-refractivity contribution in [2.45, 2.75) is 60.2 Å². The van der Waals surface area contributed by atoms with Crippen molar-refractivity contribution < 1.29 is 9.47 Å². The van der Waals surface area contributed by atoms with Crippen molar-refractivity contribution in [1.82, 2.24) is 15.5 Å². The zero-order valence-electron chi connectivity index (χ0n) is 18.3. The maximum absolute atomic E-state index is 5.90. The number of ether oxygens (including phenoxy) is 2. The molecule has 1 saturated heterocycles. The molecule has 0 amide bonds. The highest BCUT2D eigenvalue weighted by Gasteiger charge is 2.20. The zero-order chi connectivity index (χ0) is 19.4. The third kappa shape index (κ3) is 12.1. The first-order chi connectivity index (χ1) is 12.5. The van der Waals surface area contributed by atoms with Crippen molar-refractivity contribution in [3.63, 3.8) is 0 Å². The Morgan fingerprint density at radius 2 is 1.96 bits per heavy atom.